The van der Waals surface area contributed by atoms with Gasteiger partial charge in [-0.25, -0.2) is 0 Å². The number of benzene rings is 1. The highest BCUT2D eigenvalue weighted by Gasteiger charge is 2.34. The van der Waals surface area contributed by atoms with Gasteiger partial charge in [-0.3, -0.25) is 9.69 Å². The summed E-state index contributed by atoms with van der Waals surface area (Å²) in [4.78, 5) is 20.0. The maximum atomic E-state index is 13.1. The first kappa shape index (κ1) is 14.7. The number of ketones is 1. The predicted octanol–water partition coefficient (Wildman–Crippen LogP) is 4.64. The van der Waals surface area contributed by atoms with Gasteiger partial charge in [0.25, 0.3) is 0 Å². The Morgan fingerprint density at radius 3 is 3.00 bits per heavy atom. The third-order valence-corrected chi connectivity index (χ3v) is 5.87. The molecule has 118 valence electrons. The maximum absolute atomic E-state index is 13.1. The number of aromatic amines is 1. The number of nitrogens with one attached hydrogen (secondary N) is 1. The average Bonchev–Trinajstić information content (AvgIpc) is 3.31. The monoisotopic (exact) mass is 324 g/mol. The van der Waals surface area contributed by atoms with Crippen LogP contribution in [0.25, 0.3) is 10.9 Å². The number of thiophene rings is 1. The van der Waals surface area contributed by atoms with Gasteiger partial charge in [0, 0.05) is 33.6 Å². The van der Waals surface area contributed by atoms with Gasteiger partial charge in [0.2, 0.25) is 0 Å². The molecule has 4 rings (SSSR count). The Bertz CT molecular complexity index is 821. The molecule has 1 fully saturated rings. The molecule has 0 bridgehead atoms. The summed E-state index contributed by atoms with van der Waals surface area (Å²) < 4.78 is 0. The van der Waals surface area contributed by atoms with E-state index >= 15 is 0 Å². The van der Waals surface area contributed by atoms with Crippen LogP contribution in [0.5, 0.6) is 0 Å². The molecular formula is C19H20N2OS. The molecule has 2 atom stereocenters. The Labute approximate surface area is 139 Å². The Morgan fingerprint density at radius 1 is 1.30 bits per heavy atom. The summed E-state index contributed by atoms with van der Waals surface area (Å²) in [6, 6.07) is 12.6. The zero-order chi connectivity index (χ0) is 15.8. The van der Waals surface area contributed by atoms with Crippen molar-refractivity contribution in [2.24, 2.45) is 0 Å². The molecule has 3 aromatic rings. The second-order valence-corrected chi connectivity index (χ2v) is 7.18. The topological polar surface area (TPSA) is 36.1 Å². The summed E-state index contributed by atoms with van der Waals surface area (Å²) in [5, 5.41) is 3.15. The number of likely N-dealkylation sites (tertiary alicyclic amines) is 1. The Hall–Kier alpha value is -1.91. The number of H-pyrrole nitrogens is 1. The second-order valence-electron chi connectivity index (χ2n) is 6.20. The van der Waals surface area contributed by atoms with Gasteiger partial charge in [-0.05, 0) is 43.8 Å². The van der Waals surface area contributed by atoms with E-state index in [0.717, 1.165) is 35.9 Å². The van der Waals surface area contributed by atoms with Gasteiger partial charge in [0.05, 0.1) is 6.04 Å². The van der Waals surface area contributed by atoms with Gasteiger partial charge in [-0.15, -0.1) is 11.3 Å². The molecule has 2 unspecified atom stereocenters. The SMILES string of the molecule is CC(C(=O)c1c[nH]c2ccccc12)N1CCCC1c1cccs1. The molecule has 0 radical (unpaired) electrons. The average molecular weight is 324 g/mol. The summed E-state index contributed by atoms with van der Waals surface area (Å²) in [5.41, 5.74) is 1.84. The van der Waals surface area contributed by atoms with Crippen molar-refractivity contribution in [3.8, 4) is 0 Å². The van der Waals surface area contributed by atoms with Crippen LogP contribution in [-0.4, -0.2) is 28.3 Å². The first-order valence-electron chi connectivity index (χ1n) is 8.15. The fraction of sp³-hybridized carbons (Fsp3) is 0.316. The van der Waals surface area contributed by atoms with Crippen LogP contribution >= 0.6 is 11.3 Å². The van der Waals surface area contributed by atoms with Crippen molar-refractivity contribution in [1.29, 1.82) is 0 Å². The lowest BCUT2D eigenvalue weighted by molar-refractivity contribution is 0.0823. The van der Waals surface area contributed by atoms with Gasteiger partial charge in [0.15, 0.2) is 5.78 Å². The van der Waals surface area contributed by atoms with E-state index in [4.69, 9.17) is 0 Å². The van der Waals surface area contributed by atoms with Crippen molar-refractivity contribution in [3.05, 3.63) is 58.4 Å². The summed E-state index contributed by atoms with van der Waals surface area (Å²) >= 11 is 1.79. The summed E-state index contributed by atoms with van der Waals surface area (Å²) in [7, 11) is 0. The van der Waals surface area contributed by atoms with E-state index in [-0.39, 0.29) is 11.8 Å². The summed E-state index contributed by atoms with van der Waals surface area (Å²) in [6.45, 7) is 3.05. The number of hydrogen-bond acceptors (Lipinski definition) is 3. The Morgan fingerprint density at radius 2 is 2.17 bits per heavy atom. The van der Waals surface area contributed by atoms with Crippen LogP contribution in [-0.2, 0) is 0 Å². The third-order valence-electron chi connectivity index (χ3n) is 4.90. The van der Waals surface area contributed by atoms with E-state index < -0.39 is 0 Å². The van der Waals surface area contributed by atoms with Crippen LogP contribution < -0.4 is 0 Å². The fourth-order valence-corrected chi connectivity index (χ4v) is 4.57. The number of carbonyl (C=O) groups excluding carboxylic acids is 1. The second kappa shape index (κ2) is 5.95. The zero-order valence-electron chi connectivity index (χ0n) is 13.2. The number of nitrogens with zero attached hydrogens (tertiary/aromatic N) is 1. The number of hydrogen-bond donors (Lipinski definition) is 1. The van der Waals surface area contributed by atoms with Crippen molar-refractivity contribution < 1.29 is 4.79 Å². The lowest BCUT2D eigenvalue weighted by atomic mass is 10.0. The van der Waals surface area contributed by atoms with Crippen molar-refractivity contribution in [2.45, 2.75) is 31.8 Å². The van der Waals surface area contributed by atoms with Crippen LogP contribution in [0, 0.1) is 0 Å². The van der Waals surface area contributed by atoms with Crippen LogP contribution in [0.3, 0.4) is 0 Å². The highest BCUT2D eigenvalue weighted by atomic mass is 32.1. The number of Topliss-reactive ketones (excluding diaryl/α,β-unsaturated/α-hetero) is 1. The first-order valence-corrected chi connectivity index (χ1v) is 9.03. The van der Waals surface area contributed by atoms with Crippen molar-refractivity contribution in [2.75, 3.05) is 6.54 Å². The minimum atomic E-state index is -0.0937. The molecule has 1 saturated heterocycles. The normalized spacial score (nSPS) is 20.1. The van der Waals surface area contributed by atoms with Gasteiger partial charge < -0.3 is 4.98 Å². The minimum absolute atomic E-state index is 0.0937. The quantitative estimate of drug-likeness (QED) is 0.710. The van der Waals surface area contributed by atoms with E-state index in [1.54, 1.807) is 11.3 Å². The highest BCUT2D eigenvalue weighted by molar-refractivity contribution is 7.10. The first-order chi connectivity index (χ1) is 11.3. The molecule has 2 aromatic heterocycles. The molecule has 1 aliphatic heterocycles. The number of rotatable bonds is 4. The molecule has 1 aliphatic rings. The fourth-order valence-electron chi connectivity index (χ4n) is 3.69. The van der Waals surface area contributed by atoms with E-state index in [0.29, 0.717) is 6.04 Å². The van der Waals surface area contributed by atoms with Gasteiger partial charge in [0.1, 0.15) is 0 Å². The highest BCUT2D eigenvalue weighted by Crippen LogP contribution is 2.36. The molecule has 0 spiro atoms. The smallest absolute Gasteiger partial charge is 0.181 e. The summed E-state index contributed by atoms with van der Waals surface area (Å²) in [5.74, 6) is 0.214. The summed E-state index contributed by atoms with van der Waals surface area (Å²) in [6.07, 6.45) is 4.17. The van der Waals surface area contributed by atoms with E-state index in [1.165, 1.54) is 4.88 Å². The van der Waals surface area contributed by atoms with Crippen LogP contribution in [0.1, 0.15) is 41.0 Å². The zero-order valence-corrected chi connectivity index (χ0v) is 14.0. The molecule has 3 nitrogen and oxygen atoms in total. The minimum Gasteiger partial charge on any atom is -0.360 e. The third kappa shape index (κ3) is 2.52. The molecule has 1 N–H and O–H groups in total. The number of aromatic nitrogens is 1. The van der Waals surface area contributed by atoms with Crippen LogP contribution in [0.15, 0.2) is 48.0 Å². The Kier molecular flexibility index (Phi) is 3.79. The molecule has 23 heavy (non-hydrogen) atoms. The standard InChI is InChI=1S/C19H20N2OS/c1-13(21-10-4-8-17(21)18-9-5-11-23-18)19(22)15-12-20-16-7-3-2-6-14(15)16/h2-3,5-7,9,11-13,17,20H,4,8,10H2,1H3. The van der Waals surface area contributed by atoms with E-state index in [2.05, 4.69) is 34.3 Å². The van der Waals surface area contributed by atoms with Crippen molar-refractivity contribution in [3.63, 3.8) is 0 Å². The lowest BCUT2D eigenvalue weighted by Crippen LogP contribution is -2.38. The lowest BCUT2D eigenvalue weighted by Gasteiger charge is -2.29. The molecule has 0 aliphatic carbocycles. The van der Waals surface area contributed by atoms with Gasteiger partial charge in [-0.2, -0.15) is 0 Å². The predicted molar refractivity (Wildman–Crippen MR) is 95.1 cm³/mol. The number of carbonyl (C=O) groups is 1. The van der Waals surface area contributed by atoms with E-state index in [9.17, 15) is 4.79 Å². The van der Waals surface area contributed by atoms with Crippen molar-refractivity contribution >= 4 is 28.0 Å². The Balaban J connectivity index is 1.63. The van der Waals surface area contributed by atoms with Crippen LogP contribution in [0.2, 0.25) is 0 Å². The molecule has 0 amide bonds. The van der Waals surface area contributed by atoms with Gasteiger partial charge in [-0.1, -0.05) is 24.3 Å². The van der Waals surface area contributed by atoms with Gasteiger partial charge >= 0.3 is 0 Å². The molecule has 1 aromatic carbocycles. The van der Waals surface area contributed by atoms with Crippen molar-refractivity contribution in [1.82, 2.24) is 9.88 Å². The maximum Gasteiger partial charge on any atom is 0.181 e. The largest absolute Gasteiger partial charge is 0.360 e. The number of fused-ring (bicyclic) bond motifs is 1. The number of para-hydroxylation sites is 1. The molecule has 4 heteroatoms. The molecule has 0 saturated carbocycles. The van der Waals surface area contributed by atoms with E-state index in [1.807, 2.05) is 30.5 Å². The molecular weight excluding hydrogens is 304 g/mol. The van der Waals surface area contributed by atoms with Crippen LogP contribution in [0.4, 0.5) is 0 Å². The molecule has 3 heterocycles.